The summed E-state index contributed by atoms with van der Waals surface area (Å²) in [6.45, 7) is -42.2. The van der Waals surface area contributed by atoms with Crippen LogP contribution in [0, 0.1) is 16.2 Å². The van der Waals surface area contributed by atoms with Gasteiger partial charge in [0.1, 0.15) is 49.9 Å². The SMILES string of the molecule is O=C(NC(CO)(CO)CO)C(Cc1cc(CC(C(=O)NC(CO)(CO)CO)(C(=O)NC(CO)(CO)CO)C(=O)NC(CO)(CO)CO)cc(CC(C(=O)NC(CO)(CO)CO)(C(=O)NC(CO)(CO)CO)C(=O)NC(CO)(CO)CO)c1)(C(=O)NC(CO)(CO)CO)C(=O)NC(CO)(CO)CO. The molecule has 588 valence electrons. The van der Waals surface area contributed by atoms with Crippen LogP contribution >= 0.6 is 0 Å². The number of aliphatic hydroxyl groups is 27. The minimum absolute atomic E-state index is 0.478. The molecule has 0 radical (unpaired) electrons. The highest BCUT2D eigenvalue weighted by molar-refractivity contribution is 6.25. The lowest BCUT2D eigenvalue weighted by Crippen LogP contribution is -2.72. The lowest BCUT2D eigenvalue weighted by atomic mass is 9.72. The monoisotopic (exact) mass is 1490 g/mol. The molecule has 0 fully saturated rings. The molecule has 45 heteroatoms. The van der Waals surface area contributed by atoms with Crippen LogP contribution in [0.1, 0.15) is 16.7 Å². The fourth-order valence-corrected chi connectivity index (χ4v) is 9.26. The van der Waals surface area contributed by atoms with Gasteiger partial charge in [-0.05, 0) is 16.7 Å². The fourth-order valence-electron chi connectivity index (χ4n) is 9.26. The molecular weight excluding hydrogens is 1390 g/mol. The van der Waals surface area contributed by atoms with Gasteiger partial charge in [-0.3, -0.25) is 43.2 Å². The van der Waals surface area contributed by atoms with Crippen LogP contribution in [0.2, 0.25) is 0 Å². The number of carbonyl (C=O) groups is 9. The molecule has 0 saturated heterocycles. The highest BCUT2D eigenvalue weighted by Crippen LogP contribution is 2.37. The van der Waals surface area contributed by atoms with Crippen molar-refractivity contribution in [2.75, 3.05) is 178 Å². The van der Waals surface area contributed by atoms with Crippen molar-refractivity contribution in [2.45, 2.75) is 69.1 Å². The number of nitrogens with one attached hydrogen (secondary N) is 9. The number of hydrogen-bond donors (Lipinski definition) is 36. The van der Waals surface area contributed by atoms with E-state index >= 15 is 43.2 Å². The zero-order valence-corrected chi connectivity index (χ0v) is 55.2. The van der Waals surface area contributed by atoms with Gasteiger partial charge in [-0.2, -0.15) is 0 Å². The summed E-state index contributed by atoms with van der Waals surface area (Å²) in [6, 6.07) is 1.43. The van der Waals surface area contributed by atoms with Crippen LogP contribution in [0.3, 0.4) is 0 Å². The minimum atomic E-state index is -4.13. The second kappa shape index (κ2) is 40.0. The van der Waals surface area contributed by atoms with E-state index in [1.807, 2.05) is 47.9 Å². The van der Waals surface area contributed by atoms with Crippen LogP contribution in [0.25, 0.3) is 0 Å². The van der Waals surface area contributed by atoms with E-state index in [0.29, 0.717) is 18.2 Å². The number of rotatable bonds is 51. The Hall–Kier alpha value is -6.63. The molecule has 36 N–H and O–H groups in total. The Labute approximate surface area is 579 Å². The fraction of sp³-hybridized carbons (Fsp3) is 0.737. The largest absolute Gasteiger partial charge is 0.394 e. The standard InChI is InChI=1S/C57H99N9O36/c67-7-46(8-68,9-69)58-37(94)55(38(95)59-47(10-70,11-71)12-72,39(96)60-48(13-73,14-74)15-75)4-34-1-35(5-56(40(97)61-49(16-76,17-77)18-78,41(98)62-50(19-79,20-80)21-81)42(99)63-51(22-82,23-83)24-84)3-36(2-34)6-57(43(100)64-52(25-85,26-86)27-87,44(101)65-53(28-88,29-89)30-90)45(102)66-54(31-91,32-92)33-93/h1-3,67-93H,4-33H2,(H,58,94)(H,59,95)(H,60,96)(H,61,97)(H,62,98)(H,63,99)(H,64,100)(H,65,101)(H,66,102). The van der Waals surface area contributed by atoms with Gasteiger partial charge in [-0.25, -0.2) is 0 Å². The molecule has 0 spiro atoms. The number of carbonyl (C=O) groups excluding carboxylic acids is 9. The molecule has 102 heavy (non-hydrogen) atoms. The molecule has 1 aromatic rings. The van der Waals surface area contributed by atoms with Crippen molar-refractivity contribution < 1.29 is 181 Å². The van der Waals surface area contributed by atoms with Gasteiger partial charge in [0, 0.05) is 19.3 Å². The maximum Gasteiger partial charge on any atom is 0.246 e. The molecule has 0 aliphatic rings. The maximum absolute atomic E-state index is 15.6. The Bertz CT molecular complexity index is 2250. The van der Waals surface area contributed by atoms with Crippen molar-refractivity contribution in [3.05, 3.63) is 34.9 Å². The third kappa shape index (κ3) is 19.8. The first-order valence-electron chi connectivity index (χ1n) is 30.5. The van der Waals surface area contributed by atoms with E-state index in [4.69, 9.17) is 0 Å². The third-order valence-electron chi connectivity index (χ3n) is 17.6. The van der Waals surface area contributed by atoms with Crippen molar-refractivity contribution in [1.82, 2.24) is 47.9 Å². The Morgan fingerprint density at radius 1 is 0.176 bits per heavy atom. The molecule has 0 aliphatic heterocycles. The quantitative estimate of drug-likeness (QED) is 0.0269. The lowest BCUT2D eigenvalue weighted by Gasteiger charge is -2.41. The molecule has 0 aromatic heterocycles. The summed E-state index contributed by atoms with van der Waals surface area (Å²) in [5.41, 5.74) is -41.3. The first kappa shape index (κ1) is 93.4. The van der Waals surface area contributed by atoms with Crippen LogP contribution in [0.15, 0.2) is 18.2 Å². The van der Waals surface area contributed by atoms with E-state index < -0.39 is 334 Å². The molecule has 9 amide bonds. The van der Waals surface area contributed by atoms with E-state index in [9.17, 15) is 138 Å². The van der Waals surface area contributed by atoms with E-state index in [-0.39, 0.29) is 0 Å². The van der Waals surface area contributed by atoms with E-state index in [1.165, 1.54) is 0 Å². The molecule has 1 aromatic carbocycles. The van der Waals surface area contributed by atoms with Gasteiger partial charge < -0.3 is 186 Å². The topological polar surface area (TPSA) is 808 Å². The molecule has 0 atom stereocenters. The van der Waals surface area contributed by atoms with Crippen molar-refractivity contribution >= 4 is 53.2 Å². The minimum Gasteiger partial charge on any atom is -0.394 e. The summed E-state index contributed by atoms with van der Waals surface area (Å²) >= 11 is 0. The van der Waals surface area contributed by atoms with Crippen LogP contribution in [0.4, 0.5) is 0 Å². The maximum atomic E-state index is 15.6. The van der Waals surface area contributed by atoms with Gasteiger partial charge >= 0.3 is 0 Å². The summed E-state index contributed by atoms with van der Waals surface area (Å²) in [4.78, 5) is 140. The predicted octanol–water partition coefficient (Wildman–Crippen LogP) is -22.2. The van der Waals surface area contributed by atoms with Crippen LogP contribution in [-0.4, -0.2) is 419 Å². The Morgan fingerprint density at radius 3 is 0.324 bits per heavy atom. The molecule has 1 rings (SSSR count). The van der Waals surface area contributed by atoms with Crippen molar-refractivity contribution in [2.24, 2.45) is 16.2 Å². The Balaban J connectivity index is 6.04. The summed E-state index contributed by atoms with van der Waals surface area (Å²) in [6.07, 6.45) is -5.91. The summed E-state index contributed by atoms with van der Waals surface area (Å²) in [7, 11) is 0. The van der Waals surface area contributed by atoms with Crippen LogP contribution < -0.4 is 47.9 Å². The van der Waals surface area contributed by atoms with Gasteiger partial charge in [-0.15, -0.1) is 0 Å². The molecule has 0 saturated carbocycles. The molecule has 45 nitrogen and oxygen atoms in total. The zero-order chi connectivity index (χ0) is 78.6. The summed E-state index contributed by atoms with van der Waals surface area (Å²) < 4.78 is 0. The summed E-state index contributed by atoms with van der Waals surface area (Å²) in [5, 5.41) is 301. The molecule has 0 aliphatic carbocycles. The molecule has 0 heterocycles. The van der Waals surface area contributed by atoms with Crippen molar-refractivity contribution in [3.63, 3.8) is 0 Å². The van der Waals surface area contributed by atoms with Crippen molar-refractivity contribution in [1.29, 1.82) is 0 Å². The van der Waals surface area contributed by atoms with Gasteiger partial charge in [0.05, 0.1) is 178 Å². The normalized spacial score (nSPS) is 13.2. The lowest BCUT2D eigenvalue weighted by molar-refractivity contribution is -0.159. The smallest absolute Gasteiger partial charge is 0.246 e. The second-order valence-electron chi connectivity index (χ2n) is 25.3. The van der Waals surface area contributed by atoms with Gasteiger partial charge in [0.25, 0.3) is 0 Å². The van der Waals surface area contributed by atoms with Gasteiger partial charge in [-0.1, -0.05) is 18.2 Å². The Kier molecular flexibility index (Phi) is 36.6. The highest BCUT2D eigenvalue weighted by Gasteiger charge is 2.62. The average molecular weight is 1490 g/mol. The second-order valence-corrected chi connectivity index (χ2v) is 25.3. The molecule has 0 bridgehead atoms. The van der Waals surface area contributed by atoms with Crippen LogP contribution in [-0.2, 0) is 62.4 Å². The summed E-state index contributed by atoms with van der Waals surface area (Å²) in [5.74, 6) is -20.1. The van der Waals surface area contributed by atoms with Gasteiger partial charge in [0.2, 0.25) is 69.4 Å². The number of aliphatic hydroxyl groups excluding tert-OH is 27. The number of benzene rings is 1. The first-order valence-corrected chi connectivity index (χ1v) is 30.5. The number of hydrogen-bond acceptors (Lipinski definition) is 36. The van der Waals surface area contributed by atoms with Gasteiger partial charge in [0.15, 0.2) is 0 Å². The Morgan fingerprint density at radius 2 is 0.255 bits per heavy atom. The average Bonchev–Trinajstić information content (AvgIpc) is 0.776. The first-order chi connectivity index (χ1) is 48.0. The van der Waals surface area contributed by atoms with Crippen molar-refractivity contribution in [3.8, 4) is 0 Å². The zero-order valence-electron chi connectivity index (χ0n) is 55.2. The molecule has 0 unspecified atom stereocenters. The van der Waals surface area contributed by atoms with Crippen LogP contribution in [0.5, 0.6) is 0 Å². The highest BCUT2D eigenvalue weighted by atomic mass is 16.3. The van der Waals surface area contributed by atoms with E-state index in [0.717, 1.165) is 0 Å². The number of amides is 9. The van der Waals surface area contributed by atoms with E-state index in [1.54, 1.807) is 0 Å². The molecular formula is C57H99N9O36. The van der Waals surface area contributed by atoms with E-state index in [2.05, 4.69) is 0 Å². The third-order valence-corrected chi connectivity index (χ3v) is 17.6. The predicted molar refractivity (Wildman–Crippen MR) is 334 cm³/mol.